The first-order valence-electron chi connectivity index (χ1n) is 6.38. The number of rotatable bonds is 3. The Kier molecular flexibility index (Phi) is 3.28. The largest absolute Gasteiger partial charge is 0.339 e. The van der Waals surface area contributed by atoms with Gasteiger partial charge >= 0.3 is 0 Å². The minimum atomic E-state index is -0.0535. The van der Waals surface area contributed by atoms with E-state index in [1.54, 1.807) is 4.90 Å². The van der Waals surface area contributed by atoms with Gasteiger partial charge in [-0.2, -0.15) is 0 Å². The number of halogens is 1. The molecule has 4 nitrogen and oxygen atoms in total. The molecule has 0 radical (unpaired) electrons. The molecular weight excluding hydrogens is 270 g/mol. The number of nitrogens with zero attached hydrogens (tertiary/aromatic N) is 3. The second-order valence-electron chi connectivity index (χ2n) is 5.48. The van der Waals surface area contributed by atoms with E-state index in [4.69, 9.17) is 11.6 Å². The van der Waals surface area contributed by atoms with Crippen molar-refractivity contribution in [3.8, 4) is 0 Å². The predicted molar refractivity (Wildman–Crippen MR) is 70.8 cm³/mol. The van der Waals surface area contributed by atoms with E-state index >= 15 is 0 Å². The summed E-state index contributed by atoms with van der Waals surface area (Å²) in [6, 6.07) is 0. The molecule has 3 unspecified atom stereocenters. The highest BCUT2D eigenvalue weighted by Gasteiger charge is 2.40. The summed E-state index contributed by atoms with van der Waals surface area (Å²) in [5.41, 5.74) is 0. The van der Waals surface area contributed by atoms with Gasteiger partial charge in [-0.05, 0) is 48.6 Å². The van der Waals surface area contributed by atoms with Gasteiger partial charge in [0.25, 0.3) is 5.91 Å². The van der Waals surface area contributed by atoms with Crippen LogP contribution in [0.1, 0.15) is 35.5 Å². The summed E-state index contributed by atoms with van der Waals surface area (Å²) in [6.45, 7) is 0.844. The van der Waals surface area contributed by atoms with Crippen molar-refractivity contribution in [2.24, 2.45) is 17.8 Å². The van der Waals surface area contributed by atoms with Gasteiger partial charge in [-0.25, -0.2) is 0 Å². The number of fused-ring (bicyclic) bond motifs is 2. The summed E-state index contributed by atoms with van der Waals surface area (Å²) < 4.78 is 0.326. The minimum absolute atomic E-state index is 0.0535. The maximum Gasteiger partial charge on any atom is 0.284 e. The summed E-state index contributed by atoms with van der Waals surface area (Å²) in [7, 11) is 1.85. The third-order valence-corrected chi connectivity index (χ3v) is 5.33. The van der Waals surface area contributed by atoms with E-state index in [0.29, 0.717) is 15.4 Å². The summed E-state index contributed by atoms with van der Waals surface area (Å²) in [5.74, 6) is 2.38. The van der Waals surface area contributed by atoms with Crippen LogP contribution >= 0.6 is 22.9 Å². The molecule has 0 aliphatic heterocycles. The predicted octanol–water partition coefficient (Wildman–Crippen LogP) is 2.70. The molecule has 6 heteroatoms. The van der Waals surface area contributed by atoms with Crippen molar-refractivity contribution >= 4 is 28.8 Å². The molecule has 2 aliphatic rings. The molecule has 2 bridgehead atoms. The monoisotopic (exact) mass is 285 g/mol. The third-order valence-electron chi connectivity index (χ3n) is 4.32. The molecule has 1 heterocycles. The number of carbonyl (C=O) groups excluding carboxylic acids is 1. The first kappa shape index (κ1) is 12.4. The Morgan fingerprint density at radius 3 is 2.83 bits per heavy atom. The Hall–Kier alpha value is -0.680. The van der Waals surface area contributed by atoms with Crippen molar-refractivity contribution in [2.75, 3.05) is 13.6 Å². The highest BCUT2D eigenvalue weighted by Crippen LogP contribution is 2.48. The Labute approximate surface area is 115 Å². The fourth-order valence-electron chi connectivity index (χ4n) is 3.49. The van der Waals surface area contributed by atoms with E-state index < -0.39 is 0 Å². The average molecular weight is 286 g/mol. The number of hydrogen-bond donors (Lipinski definition) is 0. The van der Waals surface area contributed by atoms with E-state index in [0.717, 1.165) is 29.7 Å². The van der Waals surface area contributed by atoms with E-state index in [2.05, 4.69) is 10.2 Å². The molecular formula is C12H16ClN3OS. The van der Waals surface area contributed by atoms with Crippen molar-refractivity contribution in [3.05, 3.63) is 9.47 Å². The minimum Gasteiger partial charge on any atom is -0.339 e. The van der Waals surface area contributed by atoms with E-state index in [-0.39, 0.29) is 5.91 Å². The van der Waals surface area contributed by atoms with Gasteiger partial charge < -0.3 is 4.90 Å². The zero-order valence-electron chi connectivity index (χ0n) is 10.3. The van der Waals surface area contributed by atoms with Crippen LogP contribution in [0.25, 0.3) is 0 Å². The standard InChI is InChI=1S/C12H16ClN3OS/c1-16(11(17)10-14-15-12(13)18-10)6-9-5-7-2-3-8(9)4-7/h7-9H,2-6H2,1H3. The van der Waals surface area contributed by atoms with Gasteiger partial charge in [0.2, 0.25) is 9.47 Å². The van der Waals surface area contributed by atoms with Gasteiger partial charge in [0.1, 0.15) is 0 Å². The van der Waals surface area contributed by atoms with Gasteiger partial charge in [-0.15, -0.1) is 10.2 Å². The van der Waals surface area contributed by atoms with Crippen LogP contribution in [-0.2, 0) is 0 Å². The summed E-state index contributed by atoms with van der Waals surface area (Å²) >= 11 is 6.85. The number of aromatic nitrogens is 2. The highest BCUT2D eigenvalue weighted by atomic mass is 35.5. The molecule has 98 valence electrons. The zero-order valence-corrected chi connectivity index (χ0v) is 11.9. The first-order chi connectivity index (χ1) is 8.63. The SMILES string of the molecule is CN(CC1CC2CCC1C2)C(=O)c1nnc(Cl)s1. The van der Waals surface area contributed by atoms with Gasteiger partial charge in [0.05, 0.1) is 0 Å². The van der Waals surface area contributed by atoms with Gasteiger partial charge in [0.15, 0.2) is 0 Å². The maximum atomic E-state index is 12.1. The molecule has 0 aromatic carbocycles. The Morgan fingerprint density at radius 1 is 1.44 bits per heavy atom. The Bertz CT molecular complexity index is 464. The lowest BCUT2D eigenvalue weighted by atomic mass is 9.88. The number of amides is 1. The van der Waals surface area contributed by atoms with Crippen molar-refractivity contribution in [1.29, 1.82) is 0 Å². The molecule has 1 aromatic rings. The van der Waals surface area contributed by atoms with Crippen LogP contribution in [0.15, 0.2) is 0 Å². The van der Waals surface area contributed by atoms with Crippen LogP contribution in [0.4, 0.5) is 0 Å². The lowest BCUT2D eigenvalue weighted by Crippen LogP contribution is -2.33. The van der Waals surface area contributed by atoms with E-state index in [1.807, 2.05) is 7.05 Å². The Balaban J connectivity index is 1.61. The average Bonchev–Trinajstić information content (AvgIpc) is 3.03. The van der Waals surface area contributed by atoms with Gasteiger partial charge in [-0.3, -0.25) is 4.79 Å². The van der Waals surface area contributed by atoms with Gasteiger partial charge in [0, 0.05) is 13.6 Å². The second kappa shape index (κ2) is 4.78. The van der Waals surface area contributed by atoms with Crippen LogP contribution in [-0.4, -0.2) is 34.6 Å². The third kappa shape index (κ3) is 2.26. The van der Waals surface area contributed by atoms with Crippen LogP contribution in [0, 0.1) is 17.8 Å². The Morgan fingerprint density at radius 2 is 2.28 bits per heavy atom. The summed E-state index contributed by atoms with van der Waals surface area (Å²) in [4.78, 5) is 13.9. The smallest absolute Gasteiger partial charge is 0.284 e. The molecule has 3 rings (SSSR count). The molecule has 3 atom stereocenters. The van der Waals surface area contributed by atoms with Crippen LogP contribution in [0.5, 0.6) is 0 Å². The number of hydrogen-bond acceptors (Lipinski definition) is 4. The summed E-state index contributed by atoms with van der Waals surface area (Å²) in [5, 5.41) is 7.88. The fourth-order valence-corrected chi connectivity index (χ4v) is 4.31. The van der Waals surface area contributed by atoms with Gasteiger partial charge in [-0.1, -0.05) is 17.8 Å². The van der Waals surface area contributed by atoms with Crippen molar-refractivity contribution in [1.82, 2.24) is 15.1 Å². The second-order valence-corrected chi connectivity index (χ2v) is 7.04. The maximum absolute atomic E-state index is 12.1. The van der Waals surface area contributed by atoms with Crippen molar-refractivity contribution < 1.29 is 4.79 Å². The van der Waals surface area contributed by atoms with Crippen molar-refractivity contribution in [2.45, 2.75) is 25.7 Å². The highest BCUT2D eigenvalue weighted by molar-refractivity contribution is 7.17. The zero-order chi connectivity index (χ0) is 12.7. The quantitative estimate of drug-likeness (QED) is 0.858. The van der Waals surface area contributed by atoms with E-state index in [1.165, 1.54) is 25.7 Å². The van der Waals surface area contributed by atoms with Crippen LogP contribution in [0.3, 0.4) is 0 Å². The van der Waals surface area contributed by atoms with E-state index in [9.17, 15) is 4.79 Å². The number of carbonyl (C=O) groups is 1. The molecule has 0 N–H and O–H groups in total. The van der Waals surface area contributed by atoms with Crippen LogP contribution in [0.2, 0.25) is 4.47 Å². The van der Waals surface area contributed by atoms with Crippen LogP contribution < -0.4 is 0 Å². The molecule has 1 amide bonds. The topological polar surface area (TPSA) is 46.1 Å². The molecule has 0 spiro atoms. The fraction of sp³-hybridized carbons (Fsp3) is 0.750. The molecule has 2 aliphatic carbocycles. The lowest BCUT2D eigenvalue weighted by Gasteiger charge is -2.26. The summed E-state index contributed by atoms with van der Waals surface area (Å²) in [6.07, 6.45) is 5.41. The first-order valence-corrected chi connectivity index (χ1v) is 7.57. The normalized spacial score (nSPS) is 29.8. The lowest BCUT2D eigenvalue weighted by molar-refractivity contribution is 0.0753. The van der Waals surface area contributed by atoms with Crippen molar-refractivity contribution in [3.63, 3.8) is 0 Å². The molecule has 2 saturated carbocycles. The molecule has 18 heavy (non-hydrogen) atoms. The molecule has 0 saturated heterocycles. The molecule has 1 aromatic heterocycles. The molecule has 2 fully saturated rings.